The number of nitrogens with zero attached hydrogens (tertiary/aromatic N) is 1. The molecule has 0 saturated heterocycles. The average molecular weight is 1020 g/mol. The van der Waals surface area contributed by atoms with Gasteiger partial charge in [0.05, 0.1) is 0 Å². The van der Waals surface area contributed by atoms with Crippen LogP contribution >= 0.6 is 0 Å². The lowest BCUT2D eigenvalue weighted by atomic mass is 9.93. The Balaban J connectivity index is 4.81. The minimum absolute atomic E-state index is 0.0420. The molecule has 5 N–H and O–H groups in total. The number of hydrogen-bond acceptors (Lipinski definition) is 6. The molecule has 0 spiro atoms. The van der Waals surface area contributed by atoms with Crippen molar-refractivity contribution in [1.29, 1.82) is 0 Å². The number of amides is 5. The molecule has 0 aliphatic rings. The van der Waals surface area contributed by atoms with Gasteiger partial charge in [-0.25, -0.2) is 0 Å². The molecule has 0 aromatic rings. The molecule has 0 aliphatic heterocycles. The summed E-state index contributed by atoms with van der Waals surface area (Å²) in [5, 5.41) is 15.5. The van der Waals surface area contributed by atoms with Gasteiger partial charge in [0.15, 0.2) is 0 Å². The van der Waals surface area contributed by atoms with Crippen LogP contribution in [-0.4, -0.2) is 87.3 Å². The third kappa shape index (κ3) is 47.1. The molecule has 0 aromatic heterocycles. The predicted octanol–water partition coefficient (Wildman–Crippen LogP) is 14.2. The molecule has 2 unspecified atom stereocenters. The summed E-state index contributed by atoms with van der Waals surface area (Å²) in [6.45, 7) is 12.1. The summed E-state index contributed by atoms with van der Waals surface area (Å²) in [6, 6.07) is -0.590. The molecule has 0 saturated carbocycles. The van der Waals surface area contributed by atoms with E-state index in [2.05, 4.69) is 54.3 Å². The number of unbranched alkanes of at least 4 members (excludes halogenated alkanes) is 28. The van der Waals surface area contributed by atoms with E-state index in [-0.39, 0.29) is 54.2 Å². The highest BCUT2D eigenvalue weighted by Crippen LogP contribution is 2.22. The maximum absolute atomic E-state index is 13.3. The zero-order valence-corrected chi connectivity index (χ0v) is 48.5. The highest BCUT2D eigenvalue weighted by molar-refractivity contribution is 5.83. The van der Waals surface area contributed by atoms with Gasteiger partial charge in [-0.2, -0.15) is 0 Å². The molecule has 0 aromatic carbocycles. The standard InChI is InChI=1S/C61H120N6O5/c1-7-11-15-19-23-25-29-35-44-54(42-33-27-21-17-13-9-3)60(71)64-49-39-31-37-47-62-58(69)52-56(66-57(68)46-41-51-67(5)6)53-59(70)63-48-38-32-40-50-65-61(72)55(43-34-28-22-18-14-10-4)45-36-30-26-24-20-16-12-8-2/h54-56H,7-53H2,1-6H3,(H,62,69)(H,63,70)(H,64,71)(H,65,72)(H,66,68). The number of nitrogens with one attached hydrogen (secondary N) is 5. The Labute approximate surface area is 445 Å². The molecule has 72 heavy (non-hydrogen) atoms. The van der Waals surface area contributed by atoms with Crippen molar-refractivity contribution in [3.63, 3.8) is 0 Å². The van der Waals surface area contributed by atoms with Crippen molar-refractivity contribution >= 4 is 29.5 Å². The third-order valence-electron chi connectivity index (χ3n) is 14.6. The molecular formula is C61H120N6O5. The van der Waals surface area contributed by atoms with Gasteiger partial charge < -0.3 is 31.5 Å². The Kier molecular flexibility index (Phi) is 51.2. The van der Waals surface area contributed by atoms with Crippen LogP contribution in [-0.2, 0) is 24.0 Å². The minimum atomic E-state index is -0.590. The molecule has 0 aliphatic carbocycles. The van der Waals surface area contributed by atoms with Gasteiger partial charge >= 0.3 is 0 Å². The van der Waals surface area contributed by atoms with Gasteiger partial charge in [-0.15, -0.1) is 0 Å². The first-order chi connectivity index (χ1) is 35.1. The van der Waals surface area contributed by atoms with E-state index in [4.69, 9.17) is 0 Å². The molecule has 0 radical (unpaired) electrons. The SMILES string of the molecule is CCCCCCCCCCC(CCCCCCCC)C(=O)NCCCCCNC(=O)CC(CC(=O)NCCCCCNC(=O)C(CCCCCCCC)CCCCCCCCCC)NC(=O)CCCN(C)C. The summed E-state index contributed by atoms with van der Waals surface area (Å²) in [6.07, 6.45) is 45.5. The first-order valence-electron chi connectivity index (χ1n) is 31.1. The number of carbonyl (C=O) groups excluding carboxylic acids is 5. The number of hydrogen-bond donors (Lipinski definition) is 5. The lowest BCUT2D eigenvalue weighted by Crippen LogP contribution is -2.42. The third-order valence-corrected chi connectivity index (χ3v) is 14.6. The van der Waals surface area contributed by atoms with Crippen molar-refractivity contribution < 1.29 is 24.0 Å². The van der Waals surface area contributed by atoms with Gasteiger partial charge in [0.25, 0.3) is 0 Å². The average Bonchev–Trinajstić information content (AvgIpc) is 3.35. The molecule has 5 amide bonds. The van der Waals surface area contributed by atoms with Crippen molar-refractivity contribution in [3.8, 4) is 0 Å². The smallest absolute Gasteiger partial charge is 0.223 e. The van der Waals surface area contributed by atoms with Crippen molar-refractivity contribution in [2.24, 2.45) is 11.8 Å². The topological polar surface area (TPSA) is 149 Å². The lowest BCUT2D eigenvalue weighted by Gasteiger charge is -2.19. The summed E-state index contributed by atoms with van der Waals surface area (Å²) >= 11 is 0. The summed E-state index contributed by atoms with van der Waals surface area (Å²) in [5.74, 6) is 0.138. The molecule has 0 heterocycles. The highest BCUT2D eigenvalue weighted by atomic mass is 16.2. The van der Waals surface area contributed by atoms with Crippen LogP contribution in [0.25, 0.3) is 0 Å². The predicted molar refractivity (Wildman–Crippen MR) is 306 cm³/mol. The molecular weight excluding hydrogens is 897 g/mol. The molecule has 2 atom stereocenters. The molecule has 11 nitrogen and oxygen atoms in total. The Bertz CT molecular complexity index is 1190. The van der Waals surface area contributed by atoms with Gasteiger partial charge in [-0.3, -0.25) is 24.0 Å². The zero-order valence-electron chi connectivity index (χ0n) is 48.5. The van der Waals surface area contributed by atoms with E-state index in [9.17, 15) is 24.0 Å². The van der Waals surface area contributed by atoms with Crippen LogP contribution in [0, 0.1) is 11.8 Å². The van der Waals surface area contributed by atoms with Crippen LogP contribution in [0.2, 0.25) is 0 Å². The van der Waals surface area contributed by atoms with Crippen LogP contribution in [0.4, 0.5) is 0 Å². The van der Waals surface area contributed by atoms with Gasteiger partial charge in [0.2, 0.25) is 29.5 Å². The normalized spacial score (nSPS) is 12.7. The summed E-state index contributed by atoms with van der Waals surface area (Å²) in [4.78, 5) is 67.7. The van der Waals surface area contributed by atoms with Crippen LogP contribution in [0.15, 0.2) is 0 Å². The molecule has 11 heteroatoms. The largest absolute Gasteiger partial charge is 0.356 e. The van der Waals surface area contributed by atoms with Crippen molar-refractivity contribution in [3.05, 3.63) is 0 Å². The van der Waals surface area contributed by atoms with Gasteiger partial charge in [0, 0.05) is 63.3 Å². The van der Waals surface area contributed by atoms with Crippen molar-refractivity contribution in [1.82, 2.24) is 31.5 Å². The van der Waals surface area contributed by atoms with E-state index in [0.29, 0.717) is 39.0 Å². The van der Waals surface area contributed by atoms with E-state index < -0.39 is 6.04 Å². The first kappa shape index (κ1) is 69.3. The maximum atomic E-state index is 13.3. The van der Waals surface area contributed by atoms with Crippen LogP contribution in [0.5, 0.6) is 0 Å². The van der Waals surface area contributed by atoms with E-state index in [1.54, 1.807) is 0 Å². The quantitative estimate of drug-likeness (QED) is 0.0383. The zero-order chi connectivity index (χ0) is 53.0. The van der Waals surface area contributed by atoms with Gasteiger partial charge in [0.1, 0.15) is 0 Å². The van der Waals surface area contributed by atoms with E-state index in [1.165, 1.54) is 154 Å². The summed E-state index contributed by atoms with van der Waals surface area (Å²) < 4.78 is 0. The fourth-order valence-corrected chi connectivity index (χ4v) is 9.85. The van der Waals surface area contributed by atoms with Crippen LogP contribution in [0.3, 0.4) is 0 Å². The first-order valence-corrected chi connectivity index (χ1v) is 31.1. The van der Waals surface area contributed by atoms with Crippen molar-refractivity contribution in [2.45, 2.75) is 303 Å². The Morgan fingerprint density at radius 2 is 0.611 bits per heavy atom. The van der Waals surface area contributed by atoms with Crippen LogP contribution < -0.4 is 26.6 Å². The minimum Gasteiger partial charge on any atom is -0.356 e. The molecule has 0 bridgehead atoms. The molecule has 424 valence electrons. The lowest BCUT2D eigenvalue weighted by molar-refractivity contribution is -0.127. The second kappa shape index (κ2) is 53.1. The Hall–Kier alpha value is -2.69. The summed E-state index contributed by atoms with van der Waals surface area (Å²) in [5.41, 5.74) is 0. The highest BCUT2D eigenvalue weighted by Gasteiger charge is 2.21. The number of carbonyl (C=O) groups is 5. The summed E-state index contributed by atoms with van der Waals surface area (Å²) in [7, 11) is 3.95. The Morgan fingerprint density at radius 1 is 0.333 bits per heavy atom. The maximum Gasteiger partial charge on any atom is 0.223 e. The van der Waals surface area contributed by atoms with Crippen LogP contribution in [0.1, 0.15) is 297 Å². The van der Waals surface area contributed by atoms with Gasteiger partial charge in [-0.05, 0) is 91.3 Å². The molecule has 0 rings (SSSR count). The van der Waals surface area contributed by atoms with E-state index >= 15 is 0 Å². The van der Waals surface area contributed by atoms with Crippen molar-refractivity contribution in [2.75, 3.05) is 46.8 Å². The van der Waals surface area contributed by atoms with E-state index in [0.717, 1.165) is 96.4 Å². The molecule has 0 fully saturated rings. The Morgan fingerprint density at radius 3 is 0.917 bits per heavy atom. The fourth-order valence-electron chi connectivity index (χ4n) is 9.85. The van der Waals surface area contributed by atoms with Gasteiger partial charge in [-0.1, -0.05) is 207 Å². The second-order valence-corrected chi connectivity index (χ2v) is 22.0. The monoisotopic (exact) mass is 1020 g/mol. The number of rotatable bonds is 55. The fraction of sp³-hybridized carbons (Fsp3) is 0.918. The van der Waals surface area contributed by atoms with E-state index in [1.807, 2.05) is 19.0 Å². The second-order valence-electron chi connectivity index (χ2n) is 22.0.